The van der Waals surface area contributed by atoms with Crippen LogP contribution in [0.2, 0.25) is 0 Å². The molecule has 0 spiro atoms. The Morgan fingerprint density at radius 1 is 1.00 bits per heavy atom. The highest BCUT2D eigenvalue weighted by molar-refractivity contribution is 6.18. The van der Waals surface area contributed by atoms with Crippen LogP contribution in [0.5, 0.6) is 0 Å². The number of unbranched alkanes of at least 4 members (excludes halogenated alkanes) is 5. The summed E-state index contributed by atoms with van der Waals surface area (Å²) in [5.74, 6) is 1.15. The highest BCUT2D eigenvalue weighted by atomic mass is 35.5. The van der Waals surface area contributed by atoms with Gasteiger partial charge in [-0.1, -0.05) is 45.4 Å². The predicted octanol–water partition coefficient (Wildman–Crippen LogP) is 4.60. The first kappa shape index (κ1) is 15.5. The van der Waals surface area contributed by atoms with E-state index in [0.717, 1.165) is 6.42 Å². The van der Waals surface area contributed by atoms with Gasteiger partial charge in [0.05, 0.1) is 12.7 Å². The summed E-state index contributed by atoms with van der Waals surface area (Å²) in [7, 11) is 0. The first-order valence-corrected chi connectivity index (χ1v) is 7.15. The lowest BCUT2D eigenvalue weighted by molar-refractivity contribution is 0.0721. The molecule has 0 unspecified atom stereocenters. The molecule has 0 aliphatic rings. The summed E-state index contributed by atoms with van der Waals surface area (Å²) in [6.45, 7) is 2.86. The highest BCUT2D eigenvalue weighted by Crippen LogP contribution is 2.11. The zero-order valence-electron chi connectivity index (χ0n) is 9.81. The summed E-state index contributed by atoms with van der Waals surface area (Å²) in [5.41, 5.74) is 0. The Balaban J connectivity index is 3.22. The molecule has 0 N–H and O–H groups in total. The van der Waals surface area contributed by atoms with Crippen molar-refractivity contribution in [2.75, 3.05) is 18.4 Å². The molecule has 3 heteroatoms. The van der Waals surface area contributed by atoms with Crippen molar-refractivity contribution in [1.82, 2.24) is 0 Å². The summed E-state index contributed by atoms with van der Waals surface area (Å²) in [5, 5.41) is 0. The van der Waals surface area contributed by atoms with Crippen molar-refractivity contribution in [3.05, 3.63) is 0 Å². The van der Waals surface area contributed by atoms with Gasteiger partial charge in [0.25, 0.3) is 0 Å². The van der Waals surface area contributed by atoms with Crippen molar-refractivity contribution in [2.45, 2.75) is 58.0 Å². The van der Waals surface area contributed by atoms with E-state index in [1.165, 1.54) is 38.5 Å². The minimum Gasteiger partial charge on any atom is -0.376 e. The van der Waals surface area contributed by atoms with Gasteiger partial charge in [-0.15, -0.1) is 23.2 Å². The van der Waals surface area contributed by atoms with E-state index >= 15 is 0 Å². The molecule has 0 aliphatic heterocycles. The normalized spacial score (nSPS) is 13.0. The van der Waals surface area contributed by atoms with Crippen LogP contribution in [-0.4, -0.2) is 24.5 Å². The Morgan fingerprint density at radius 2 is 1.67 bits per heavy atom. The minimum atomic E-state index is 0.205. The number of alkyl halides is 2. The van der Waals surface area contributed by atoms with Gasteiger partial charge in [0.2, 0.25) is 0 Å². The first-order valence-electron chi connectivity index (χ1n) is 6.08. The van der Waals surface area contributed by atoms with Crippen molar-refractivity contribution >= 4 is 23.2 Å². The molecule has 0 rings (SSSR count). The molecule has 92 valence electrons. The van der Waals surface area contributed by atoms with Gasteiger partial charge < -0.3 is 4.74 Å². The van der Waals surface area contributed by atoms with Crippen molar-refractivity contribution in [1.29, 1.82) is 0 Å². The molecule has 15 heavy (non-hydrogen) atoms. The zero-order valence-corrected chi connectivity index (χ0v) is 11.3. The molecule has 0 aliphatic carbocycles. The molecular formula is C12H24Cl2O. The Bertz CT molecular complexity index is 120. The van der Waals surface area contributed by atoms with Crippen LogP contribution < -0.4 is 0 Å². The maximum atomic E-state index is 5.80. The third-order valence-electron chi connectivity index (χ3n) is 2.48. The van der Waals surface area contributed by atoms with Crippen LogP contribution in [0, 0.1) is 0 Å². The molecule has 0 saturated heterocycles. The van der Waals surface area contributed by atoms with Gasteiger partial charge in [-0.2, -0.15) is 0 Å². The lowest BCUT2D eigenvalue weighted by Crippen LogP contribution is -2.16. The second kappa shape index (κ2) is 12.6. The second-order valence-corrected chi connectivity index (χ2v) is 4.58. The van der Waals surface area contributed by atoms with Crippen LogP contribution in [-0.2, 0) is 4.74 Å². The fraction of sp³-hybridized carbons (Fsp3) is 1.00. The van der Waals surface area contributed by atoms with Gasteiger partial charge in [0.15, 0.2) is 0 Å². The van der Waals surface area contributed by atoms with Gasteiger partial charge in [0.1, 0.15) is 0 Å². The van der Waals surface area contributed by atoms with E-state index < -0.39 is 0 Å². The summed E-state index contributed by atoms with van der Waals surface area (Å²) in [6.07, 6.45) is 9.19. The number of ether oxygens (including phenoxy) is 1. The van der Waals surface area contributed by atoms with Crippen LogP contribution in [0.25, 0.3) is 0 Å². The van der Waals surface area contributed by atoms with Crippen LogP contribution in [0.4, 0.5) is 0 Å². The lowest BCUT2D eigenvalue weighted by atomic mass is 10.1. The SMILES string of the molecule is CCCCCCCC[C@H](CCl)OCCCl. The second-order valence-electron chi connectivity index (χ2n) is 3.89. The Kier molecular flexibility index (Phi) is 13.1. The molecule has 0 fully saturated rings. The fourth-order valence-electron chi connectivity index (χ4n) is 1.57. The molecular weight excluding hydrogens is 231 g/mol. The molecule has 0 heterocycles. The molecule has 1 nitrogen and oxygen atoms in total. The van der Waals surface area contributed by atoms with Gasteiger partial charge >= 0.3 is 0 Å². The van der Waals surface area contributed by atoms with E-state index in [-0.39, 0.29) is 6.10 Å². The highest BCUT2D eigenvalue weighted by Gasteiger charge is 2.06. The molecule has 0 aromatic rings. The smallest absolute Gasteiger partial charge is 0.0710 e. The summed E-state index contributed by atoms with van der Waals surface area (Å²) in [6, 6.07) is 0. The Morgan fingerprint density at radius 3 is 2.27 bits per heavy atom. The van der Waals surface area contributed by atoms with E-state index in [9.17, 15) is 0 Å². The van der Waals surface area contributed by atoms with E-state index in [0.29, 0.717) is 18.4 Å². The largest absolute Gasteiger partial charge is 0.376 e. The zero-order chi connectivity index (χ0) is 11.4. The average molecular weight is 255 g/mol. The van der Waals surface area contributed by atoms with E-state index in [4.69, 9.17) is 27.9 Å². The Hall–Kier alpha value is 0.540. The molecule has 0 aromatic carbocycles. The quantitative estimate of drug-likeness (QED) is 0.387. The standard InChI is InChI=1S/C12H24Cl2O/c1-2-3-4-5-6-7-8-12(11-14)15-10-9-13/h12H,2-11H2,1H3/t12-/m1/s1. The average Bonchev–Trinajstić information content (AvgIpc) is 2.27. The molecule has 0 radical (unpaired) electrons. The fourth-order valence-corrected chi connectivity index (χ4v) is 1.90. The van der Waals surface area contributed by atoms with Crippen molar-refractivity contribution in [3.63, 3.8) is 0 Å². The van der Waals surface area contributed by atoms with Gasteiger partial charge in [0, 0.05) is 11.8 Å². The summed E-state index contributed by atoms with van der Waals surface area (Å²) >= 11 is 11.4. The number of hydrogen-bond donors (Lipinski definition) is 0. The topological polar surface area (TPSA) is 9.23 Å². The molecule has 1 atom stereocenters. The molecule has 0 bridgehead atoms. The predicted molar refractivity (Wildman–Crippen MR) is 69.2 cm³/mol. The summed E-state index contributed by atoms with van der Waals surface area (Å²) in [4.78, 5) is 0. The Labute approximate surface area is 104 Å². The monoisotopic (exact) mass is 254 g/mol. The number of halogens is 2. The van der Waals surface area contributed by atoms with Crippen LogP contribution in [0.3, 0.4) is 0 Å². The lowest BCUT2D eigenvalue weighted by Gasteiger charge is -2.13. The third-order valence-corrected chi connectivity index (χ3v) is 2.98. The van der Waals surface area contributed by atoms with Gasteiger partial charge in [-0.3, -0.25) is 0 Å². The van der Waals surface area contributed by atoms with Crippen molar-refractivity contribution < 1.29 is 4.74 Å². The summed E-state index contributed by atoms with van der Waals surface area (Å²) < 4.78 is 5.50. The van der Waals surface area contributed by atoms with Crippen LogP contribution >= 0.6 is 23.2 Å². The van der Waals surface area contributed by atoms with E-state index in [2.05, 4.69) is 6.92 Å². The van der Waals surface area contributed by atoms with Crippen LogP contribution in [0.15, 0.2) is 0 Å². The van der Waals surface area contributed by atoms with Crippen molar-refractivity contribution in [2.24, 2.45) is 0 Å². The number of hydrogen-bond acceptors (Lipinski definition) is 1. The van der Waals surface area contributed by atoms with E-state index in [1.807, 2.05) is 0 Å². The maximum Gasteiger partial charge on any atom is 0.0710 e. The third kappa shape index (κ3) is 10.8. The molecule has 0 amide bonds. The van der Waals surface area contributed by atoms with Crippen molar-refractivity contribution in [3.8, 4) is 0 Å². The van der Waals surface area contributed by atoms with Gasteiger partial charge in [-0.25, -0.2) is 0 Å². The van der Waals surface area contributed by atoms with Gasteiger partial charge in [-0.05, 0) is 6.42 Å². The van der Waals surface area contributed by atoms with Crippen LogP contribution in [0.1, 0.15) is 51.9 Å². The molecule has 0 saturated carbocycles. The van der Waals surface area contributed by atoms with E-state index in [1.54, 1.807) is 0 Å². The maximum absolute atomic E-state index is 5.80. The number of rotatable bonds is 11. The minimum absolute atomic E-state index is 0.205. The molecule has 0 aromatic heterocycles. The first-order chi connectivity index (χ1) is 7.35.